The molecule has 0 bridgehead atoms. The summed E-state index contributed by atoms with van der Waals surface area (Å²) in [6, 6.07) is 3.18. The number of hydrogen-bond acceptors (Lipinski definition) is 3. The quantitative estimate of drug-likeness (QED) is 0.455. The largest absolute Gasteiger partial charge is 0.453 e. The van der Waals surface area contributed by atoms with E-state index in [-0.39, 0.29) is 10.6 Å². The summed E-state index contributed by atoms with van der Waals surface area (Å²) < 4.78 is 80.0. The van der Waals surface area contributed by atoms with Crippen LogP contribution < -0.4 is 0 Å². The summed E-state index contributed by atoms with van der Waals surface area (Å²) >= 11 is 6.07. The first kappa shape index (κ1) is 17.6. The fourth-order valence-corrected chi connectivity index (χ4v) is 3.01. The minimum absolute atomic E-state index is 0.0608. The molecular weight excluding hydrogens is 400 g/mol. The molecule has 5 nitrogen and oxygen atoms in total. The van der Waals surface area contributed by atoms with Crippen LogP contribution in [0.2, 0.25) is 5.02 Å². The third-order valence-electron chi connectivity index (χ3n) is 3.85. The van der Waals surface area contributed by atoms with E-state index in [1.165, 1.54) is 18.3 Å². The van der Waals surface area contributed by atoms with Gasteiger partial charge in [-0.05, 0) is 23.8 Å². The molecule has 1 aromatic carbocycles. The molecule has 0 aliphatic carbocycles. The molecule has 0 unspecified atom stereocenters. The number of nitrogens with one attached hydrogen (secondary N) is 1. The van der Waals surface area contributed by atoms with E-state index in [1.807, 2.05) is 0 Å². The lowest BCUT2D eigenvalue weighted by Gasteiger charge is -2.14. The Morgan fingerprint density at radius 2 is 1.78 bits per heavy atom. The molecule has 0 saturated heterocycles. The number of rotatable bonds is 1. The first-order valence-electron chi connectivity index (χ1n) is 7.22. The van der Waals surface area contributed by atoms with Crippen LogP contribution in [0.4, 0.5) is 26.3 Å². The Hall–Kier alpha value is -2.82. The zero-order valence-electron chi connectivity index (χ0n) is 12.8. The van der Waals surface area contributed by atoms with E-state index in [0.717, 1.165) is 6.20 Å². The van der Waals surface area contributed by atoms with Gasteiger partial charge < -0.3 is 0 Å². The van der Waals surface area contributed by atoms with Crippen molar-refractivity contribution in [2.24, 2.45) is 0 Å². The van der Waals surface area contributed by atoms with Crippen molar-refractivity contribution >= 4 is 28.2 Å². The van der Waals surface area contributed by atoms with Crippen molar-refractivity contribution in [3.05, 3.63) is 47.0 Å². The van der Waals surface area contributed by atoms with Crippen LogP contribution in [0.1, 0.15) is 11.4 Å². The molecule has 0 amide bonds. The van der Waals surface area contributed by atoms with Crippen LogP contribution in [0, 0.1) is 0 Å². The normalized spacial score (nSPS) is 13.0. The fraction of sp³-hybridized carbons (Fsp3) is 0.133. The van der Waals surface area contributed by atoms with Crippen LogP contribution in [-0.4, -0.2) is 24.8 Å². The molecule has 0 spiro atoms. The summed E-state index contributed by atoms with van der Waals surface area (Å²) in [5.74, 6) is -1.54. The summed E-state index contributed by atoms with van der Waals surface area (Å²) in [7, 11) is 0. The first-order chi connectivity index (χ1) is 12.6. The second kappa shape index (κ2) is 5.59. The van der Waals surface area contributed by atoms with Crippen LogP contribution in [0.25, 0.3) is 27.7 Å². The fourth-order valence-electron chi connectivity index (χ4n) is 2.75. The van der Waals surface area contributed by atoms with Gasteiger partial charge in [0.05, 0.1) is 22.3 Å². The Morgan fingerprint density at radius 1 is 1.04 bits per heavy atom. The van der Waals surface area contributed by atoms with Gasteiger partial charge in [0, 0.05) is 17.1 Å². The highest BCUT2D eigenvalue weighted by Crippen LogP contribution is 2.41. The predicted octanol–water partition coefficient (Wildman–Crippen LogP) is 4.96. The van der Waals surface area contributed by atoms with Crippen molar-refractivity contribution in [1.29, 1.82) is 0 Å². The number of alkyl halides is 6. The molecular formula is C15H6ClF6N5. The Balaban J connectivity index is 2.10. The summed E-state index contributed by atoms with van der Waals surface area (Å²) in [4.78, 5) is 3.29. The summed E-state index contributed by atoms with van der Waals surface area (Å²) in [5.41, 5.74) is -1.98. The zero-order valence-corrected chi connectivity index (χ0v) is 13.6. The molecule has 0 atom stereocenters. The SMILES string of the molecule is FC(F)(F)c1nc2c(-c3cc(Cl)c4[nH]ncc4c3)c(C(F)(F)F)ccn2n1. The van der Waals surface area contributed by atoms with Crippen molar-refractivity contribution < 1.29 is 26.3 Å². The maximum absolute atomic E-state index is 13.5. The van der Waals surface area contributed by atoms with Gasteiger partial charge in [-0.25, -0.2) is 9.50 Å². The van der Waals surface area contributed by atoms with Gasteiger partial charge >= 0.3 is 12.4 Å². The lowest BCUT2D eigenvalue weighted by molar-refractivity contribution is -0.144. The van der Waals surface area contributed by atoms with E-state index in [0.29, 0.717) is 21.5 Å². The van der Waals surface area contributed by atoms with E-state index >= 15 is 0 Å². The Morgan fingerprint density at radius 3 is 2.44 bits per heavy atom. The van der Waals surface area contributed by atoms with Gasteiger partial charge in [0.1, 0.15) is 0 Å². The zero-order chi connectivity index (χ0) is 19.6. The average Bonchev–Trinajstić information content (AvgIpc) is 3.18. The second-order valence-corrected chi connectivity index (χ2v) is 6.00. The van der Waals surface area contributed by atoms with Crippen molar-refractivity contribution in [2.45, 2.75) is 12.4 Å². The third kappa shape index (κ3) is 2.87. The van der Waals surface area contributed by atoms with Crippen LogP contribution in [0.15, 0.2) is 30.6 Å². The van der Waals surface area contributed by atoms with Gasteiger partial charge in [-0.2, -0.15) is 31.4 Å². The first-order valence-corrected chi connectivity index (χ1v) is 7.60. The van der Waals surface area contributed by atoms with Crippen molar-refractivity contribution in [3.8, 4) is 11.1 Å². The molecule has 4 aromatic rings. The molecule has 0 saturated carbocycles. The number of fused-ring (bicyclic) bond motifs is 2. The minimum atomic E-state index is -4.91. The minimum Gasteiger partial charge on any atom is -0.276 e. The second-order valence-electron chi connectivity index (χ2n) is 5.60. The maximum Gasteiger partial charge on any atom is 0.453 e. The number of H-pyrrole nitrogens is 1. The molecule has 0 radical (unpaired) electrons. The number of hydrogen-bond donors (Lipinski definition) is 1. The molecule has 0 aliphatic rings. The molecule has 0 aliphatic heterocycles. The molecule has 27 heavy (non-hydrogen) atoms. The highest BCUT2D eigenvalue weighted by Gasteiger charge is 2.39. The Labute approximate surface area is 150 Å². The monoisotopic (exact) mass is 405 g/mol. The summed E-state index contributed by atoms with van der Waals surface area (Å²) in [5, 5.41) is 10.0. The number of nitrogens with zero attached hydrogens (tertiary/aromatic N) is 4. The number of aromatic nitrogens is 5. The van der Waals surface area contributed by atoms with Gasteiger partial charge in [0.15, 0.2) is 5.65 Å². The molecule has 1 N–H and O–H groups in total. The average molecular weight is 406 g/mol. The van der Waals surface area contributed by atoms with Crippen LogP contribution in [-0.2, 0) is 12.4 Å². The van der Waals surface area contributed by atoms with Crippen LogP contribution in [0.3, 0.4) is 0 Å². The van der Waals surface area contributed by atoms with Crippen LogP contribution in [0.5, 0.6) is 0 Å². The summed E-state index contributed by atoms with van der Waals surface area (Å²) in [6.07, 6.45) is -7.63. The van der Waals surface area contributed by atoms with Crippen molar-refractivity contribution in [2.75, 3.05) is 0 Å². The molecule has 3 aromatic heterocycles. The summed E-state index contributed by atoms with van der Waals surface area (Å²) in [6.45, 7) is 0. The lowest BCUT2D eigenvalue weighted by atomic mass is 9.99. The topological polar surface area (TPSA) is 58.9 Å². The van der Waals surface area contributed by atoms with E-state index < -0.39 is 35.0 Å². The lowest BCUT2D eigenvalue weighted by Crippen LogP contribution is -2.09. The van der Waals surface area contributed by atoms with Gasteiger partial charge in [-0.3, -0.25) is 5.10 Å². The van der Waals surface area contributed by atoms with Crippen molar-refractivity contribution in [3.63, 3.8) is 0 Å². The standard InChI is InChI=1S/C15H6ClF6N5/c16-9-4-6(3-7-5-23-25-11(7)9)10-8(14(17,18)19)1-2-27-12(10)24-13(26-27)15(20,21)22/h1-5H,(H,23,25). The number of pyridine rings is 1. The Kier molecular flexibility index (Phi) is 3.64. The van der Waals surface area contributed by atoms with Gasteiger partial charge in [0.25, 0.3) is 5.82 Å². The number of benzene rings is 1. The van der Waals surface area contributed by atoms with Gasteiger partial charge in [-0.1, -0.05) is 11.6 Å². The van der Waals surface area contributed by atoms with E-state index in [4.69, 9.17) is 11.6 Å². The molecule has 140 valence electrons. The Bertz CT molecular complexity index is 1170. The van der Waals surface area contributed by atoms with Crippen molar-refractivity contribution in [1.82, 2.24) is 24.8 Å². The van der Waals surface area contributed by atoms with E-state index in [9.17, 15) is 26.3 Å². The van der Waals surface area contributed by atoms with E-state index in [2.05, 4.69) is 20.3 Å². The third-order valence-corrected chi connectivity index (χ3v) is 4.15. The number of halogens is 7. The molecule has 0 fully saturated rings. The smallest absolute Gasteiger partial charge is 0.276 e. The maximum atomic E-state index is 13.5. The van der Waals surface area contributed by atoms with E-state index in [1.54, 1.807) is 0 Å². The highest BCUT2D eigenvalue weighted by molar-refractivity contribution is 6.35. The molecule has 3 heterocycles. The van der Waals surface area contributed by atoms with Crippen LogP contribution >= 0.6 is 11.6 Å². The molecule has 4 rings (SSSR count). The van der Waals surface area contributed by atoms with Gasteiger partial charge in [0.2, 0.25) is 0 Å². The molecule has 12 heteroatoms. The highest BCUT2D eigenvalue weighted by atomic mass is 35.5. The number of aromatic amines is 1. The van der Waals surface area contributed by atoms with Gasteiger partial charge in [-0.15, -0.1) is 5.10 Å². The predicted molar refractivity (Wildman–Crippen MR) is 83.1 cm³/mol.